The molecule has 2 unspecified atom stereocenters. The summed E-state index contributed by atoms with van der Waals surface area (Å²) in [4.78, 5) is 14.1. The SMILES string of the molecule is CC1C(C(=O)NN2CCCCC2)=NN(c2ccccc2Cl)C1c1cccs1. The van der Waals surface area contributed by atoms with Crippen LogP contribution < -0.4 is 10.4 Å². The van der Waals surface area contributed by atoms with E-state index < -0.39 is 0 Å². The fraction of sp³-hybridized carbons (Fsp3) is 0.400. The maximum Gasteiger partial charge on any atom is 0.282 e. The third kappa shape index (κ3) is 3.74. The summed E-state index contributed by atoms with van der Waals surface area (Å²) in [7, 11) is 0. The average molecular weight is 403 g/mol. The van der Waals surface area contributed by atoms with E-state index in [4.69, 9.17) is 16.7 Å². The van der Waals surface area contributed by atoms with Crippen molar-refractivity contribution in [2.45, 2.75) is 32.2 Å². The van der Waals surface area contributed by atoms with Crippen LogP contribution in [0.15, 0.2) is 46.9 Å². The van der Waals surface area contributed by atoms with Crippen LogP contribution >= 0.6 is 22.9 Å². The highest BCUT2D eigenvalue weighted by Crippen LogP contribution is 2.42. The fourth-order valence-electron chi connectivity index (χ4n) is 3.76. The number of para-hydroxylation sites is 1. The molecule has 0 saturated carbocycles. The van der Waals surface area contributed by atoms with E-state index in [2.05, 4.69) is 23.8 Å². The van der Waals surface area contributed by atoms with E-state index in [1.54, 1.807) is 11.3 Å². The van der Waals surface area contributed by atoms with Gasteiger partial charge in [-0.25, -0.2) is 5.01 Å². The topological polar surface area (TPSA) is 47.9 Å². The van der Waals surface area contributed by atoms with Crippen molar-refractivity contribution in [2.75, 3.05) is 18.1 Å². The number of halogens is 1. The predicted octanol–water partition coefficient (Wildman–Crippen LogP) is 4.47. The summed E-state index contributed by atoms with van der Waals surface area (Å²) in [5, 5.41) is 11.3. The molecule has 1 fully saturated rings. The van der Waals surface area contributed by atoms with Crippen LogP contribution in [0, 0.1) is 5.92 Å². The number of hydrazone groups is 1. The van der Waals surface area contributed by atoms with Gasteiger partial charge in [0, 0.05) is 23.9 Å². The van der Waals surface area contributed by atoms with Gasteiger partial charge in [-0.3, -0.25) is 15.2 Å². The van der Waals surface area contributed by atoms with Crippen molar-refractivity contribution in [1.29, 1.82) is 0 Å². The number of nitrogens with one attached hydrogen (secondary N) is 1. The molecule has 2 atom stereocenters. The van der Waals surface area contributed by atoms with E-state index in [0.29, 0.717) is 10.7 Å². The molecule has 0 radical (unpaired) electrons. The number of rotatable bonds is 4. The highest BCUT2D eigenvalue weighted by atomic mass is 35.5. The second kappa shape index (κ2) is 8.00. The second-order valence-corrected chi connectivity index (χ2v) is 8.41. The lowest BCUT2D eigenvalue weighted by Gasteiger charge is -2.27. The van der Waals surface area contributed by atoms with Gasteiger partial charge in [-0.05, 0) is 36.4 Å². The number of hydrogen-bond donors (Lipinski definition) is 1. The Labute approximate surface area is 168 Å². The predicted molar refractivity (Wildman–Crippen MR) is 111 cm³/mol. The van der Waals surface area contributed by atoms with E-state index in [1.807, 2.05) is 40.3 Å². The fourth-order valence-corrected chi connectivity index (χ4v) is 4.89. The van der Waals surface area contributed by atoms with Crippen molar-refractivity contribution >= 4 is 40.2 Å². The Kier molecular flexibility index (Phi) is 5.48. The highest BCUT2D eigenvalue weighted by Gasteiger charge is 2.40. The van der Waals surface area contributed by atoms with Crippen LogP contribution in [0.5, 0.6) is 0 Å². The summed E-state index contributed by atoms with van der Waals surface area (Å²) in [5.41, 5.74) is 4.43. The van der Waals surface area contributed by atoms with E-state index >= 15 is 0 Å². The van der Waals surface area contributed by atoms with Gasteiger partial charge in [-0.15, -0.1) is 11.3 Å². The van der Waals surface area contributed by atoms with Crippen LogP contribution in [0.2, 0.25) is 5.02 Å². The van der Waals surface area contributed by atoms with Gasteiger partial charge in [0.15, 0.2) is 0 Å². The van der Waals surface area contributed by atoms with E-state index in [-0.39, 0.29) is 17.9 Å². The van der Waals surface area contributed by atoms with Gasteiger partial charge < -0.3 is 0 Å². The first kappa shape index (κ1) is 18.5. The molecular weight excluding hydrogens is 380 g/mol. The van der Waals surface area contributed by atoms with Gasteiger partial charge in [0.25, 0.3) is 5.91 Å². The summed E-state index contributed by atoms with van der Waals surface area (Å²) in [6, 6.07) is 11.7. The first-order valence-corrected chi connectivity index (χ1v) is 10.6. The molecule has 1 N–H and O–H groups in total. The minimum atomic E-state index is -0.111. The molecule has 0 aliphatic carbocycles. The number of carbonyl (C=O) groups excluding carboxylic acids is 1. The van der Waals surface area contributed by atoms with Crippen LogP contribution in [0.25, 0.3) is 0 Å². The number of hydrogen-bond acceptors (Lipinski definition) is 5. The molecule has 1 amide bonds. The molecule has 2 aliphatic heterocycles. The minimum Gasteiger partial charge on any atom is -0.284 e. The number of benzene rings is 1. The highest BCUT2D eigenvalue weighted by molar-refractivity contribution is 7.10. The van der Waals surface area contributed by atoms with Gasteiger partial charge in [-0.2, -0.15) is 5.10 Å². The largest absolute Gasteiger partial charge is 0.284 e. The molecule has 2 aromatic rings. The van der Waals surface area contributed by atoms with Crippen LogP contribution in [0.3, 0.4) is 0 Å². The molecule has 2 aliphatic rings. The van der Waals surface area contributed by atoms with Crippen molar-refractivity contribution in [2.24, 2.45) is 11.0 Å². The number of nitrogens with zero attached hydrogens (tertiary/aromatic N) is 3. The number of thiophene rings is 1. The van der Waals surface area contributed by atoms with Gasteiger partial charge >= 0.3 is 0 Å². The summed E-state index contributed by atoms with van der Waals surface area (Å²) in [6.45, 7) is 3.86. The van der Waals surface area contributed by atoms with Gasteiger partial charge in [-0.1, -0.05) is 43.1 Å². The molecule has 142 valence electrons. The lowest BCUT2D eigenvalue weighted by atomic mass is 9.95. The summed E-state index contributed by atoms with van der Waals surface area (Å²) in [6.07, 6.45) is 3.46. The molecule has 0 spiro atoms. The molecule has 7 heteroatoms. The number of hydrazine groups is 1. The molecule has 1 aromatic heterocycles. The number of anilines is 1. The second-order valence-electron chi connectivity index (χ2n) is 7.02. The van der Waals surface area contributed by atoms with Crippen molar-refractivity contribution < 1.29 is 4.79 Å². The molecule has 27 heavy (non-hydrogen) atoms. The minimum absolute atomic E-state index is 0.0352. The van der Waals surface area contributed by atoms with Crippen LogP contribution in [0.4, 0.5) is 5.69 Å². The monoisotopic (exact) mass is 402 g/mol. The summed E-state index contributed by atoms with van der Waals surface area (Å²) in [5.74, 6) is -0.148. The zero-order valence-electron chi connectivity index (χ0n) is 15.3. The van der Waals surface area contributed by atoms with Crippen LogP contribution in [-0.4, -0.2) is 29.7 Å². The standard InChI is InChI=1S/C20H23ClN4OS/c1-14-18(20(26)23-24-11-5-2-6-12-24)22-25(16-9-4-3-8-15(16)21)19(14)17-10-7-13-27-17/h3-4,7-10,13-14,19H,2,5-6,11-12H2,1H3,(H,23,26). The third-order valence-corrected chi connectivity index (χ3v) is 6.43. The number of piperidine rings is 1. The van der Waals surface area contributed by atoms with Crippen molar-refractivity contribution in [3.8, 4) is 0 Å². The maximum atomic E-state index is 13.0. The van der Waals surface area contributed by atoms with Crippen molar-refractivity contribution in [3.63, 3.8) is 0 Å². The summed E-state index contributed by atoms with van der Waals surface area (Å²) < 4.78 is 0. The van der Waals surface area contributed by atoms with Gasteiger partial charge in [0.05, 0.1) is 16.8 Å². The Bertz CT molecular complexity index is 832. The maximum absolute atomic E-state index is 13.0. The normalized spacial score (nSPS) is 23.3. The van der Waals surface area contributed by atoms with E-state index in [0.717, 1.165) is 31.6 Å². The zero-order chi connectivity index (χ0) is 18.8. The van der Waals surface area contributed by atoms with Gasteiger partial charge in [0.2, 0.25) is 0 Å². The molecule has 4 rings (SSSR count). The molecule has 1 aromatic carbocycles. The Morgan fingerprint density at radius 2 is 1.96 bits per heavy atom. The quantitative estimate of drug-likeness (QED) is 0.820. The van der Waals surface area contributed by atoms with Crippen molar-refractivity contribution in [1.82, 2.24) is 10.4 Å². The molecule has 5 nitrogen and oxygen atoms in total. The van der Waals surface area contributed by atoms with Crippen LogP contribution in [0.1, 0.15) is 37.1 Å². The number of carbonyl (C=O) groups is 1. The lowest BCUT2D eigenvalue weighted by Crippen LogP contribution is -2.48. The lowest BCUT2D eigenvalue weighted by molar-refractivity contribution is -0.120. The Morgan fingerprint density at radius 3 is 2.67 bits per heavy atom. The third-order valence-electron chi connectivity index (χ3n) is 5.17. The Balaban J connectivity index is 1.64. The van der Waals surface area contributed by atoms with Gasteiger partial charge in [0.1, 0.15) is 5.71 Å². The van der Waals surface area contributed by atoms with Crippen molar-refractivity contribution in [3.05, 3.63) is 51.7 Å². The molecule has 3 heterocycles. The molecule has 1 saturated heterocycles. The number of amides is 1. The average Bonchev–Trinajstić information content (AvgIpc) is 3.30. The Morgan fingerprint density at radius 1 is 1.19 bits per heavy atom. The summed E-state index contributed by atoms with van der Waals surface area (Å²) >= 11 is 8.12. The van der Waals surface area contributed by atoms with E-state index in [9.17, 15) is 4.79 Å². The van der Waals surface area contributed by atoms with Crippen LogP contribution in [-0.2, 0) is 4.79 Å². The zero-order valence-corrected chi connectivity index (χ0v) is 16.8. The molecular formula is C20H23ClN4OS. The first-order chi connectivity index (χ1) is 13.1. The smallest absolute Gasteiger partial charge is 0.282 e. The molecule has 0 bridgehead atoms. The Hall–Kier alpha value is -1.89. The first-order valence-electron chi connectivity index (χ1n) is 9.37. The van der Waals surface area contributed by atoms with E-state index in [1.165, 1.54) is 11.3 Å².